The Morgan fingerprint density at radius 3 is 2.49 bits per heavy atom. The molecule has 0 atom stereocenters. The predicted octanol–water partition coefficient (Wildman–Crippen LogP) is 8.62. The first-order valence-corrected chi connectivity index (χ1v) is 12.9. The van der Waals surface area contributed by atoms with Gasteiger partial charge in [-0.25, -0.2) is 4.98 Å². The molecular weight excluding hydrogens is 428 g/mol. The lowest BCUT2D eigenvalue weighted by atomic mass is 9.79. The molecule has 3 nitrogen and oxygen atoms in total. The molecule has 1 saturated carbocycles. The van der Waals surface area contributed by atoms with Gasteiger partial charge in [0.1, 0.15) is 5.58 Å². The molecule has 0 unspecified atom stereocenters. The molecule has 1 fully saturated rings. The summed E-state index contributed by atoms with van der Waals surface area (Å²) in [6.07, 6.45) is 6.86. The summed E-state index contributed by atoms with van der Waals surface area (Å²) in [5, 5.41) is 2.22. The molecule has 174 valence electrons. The average molecular weight is 459 g/mol. The highest BCUT2D eigenvalue weighted by molar-refractivity contribution is 6.10. The van der Waals surface area contributed by atoms with E-state index in [0.29, 0.717) is 5.92 Å². The van der Waals surface area contributed by atoms with Gasteiger partial charge in [0.15, 0.2) is 0 Å². The van der Waals surface area contributed by atoms with Crippen molar-refractivity contribution < 1.29 is 4.42 Å². The first-order chi connectivity index (χ1) is 17.0. The van der Waals surface area contributed by atoms with E-state index in [1.165, 1.54) is 64.8 Å². The first kappa shape index (κ1) is 20.9. The van der Waals surface area contributed by atoms with Crippen molar-refractivity contribution >= 4 is 22.1 Å². The number of benzene rings is 2. The topological polar surface area (TPSA) is 38.9 Å². The summed E-state index contributed by atoms with van der Waals surface area (Å²) in [5.41, 5.74) is 12.8. The normalized spacial score (nSPS) is 16.0. The smallest absolute Gasteiger partial charge is 0.227 e. The number of hydrogen-bond donors (Lipinski definition) is 0. The summed E-state index contributed by atoms with van der Waals surface area (Å²) in [4.78, 5) is 10.1. The Hall–Kier alpha value is -3.46. The van der Waals surface area contributed by atoms with E-state index in [1.54, 1.807) is 0 Å². The number of furan rings is 1. The molecular formula is C32H30N2O. The van der Waals surface area contributed by atoms with Crippen molar-refractivity contribution in [1.82, 2.24) is 9.97 Å². The van der Waals surface area contributed by atoms with Gasteiger partial charge in [0.05, 0.1) is 11.4 Å². The van der Waals surface area contributed by atoms with Gasteiger partial charge >= 0.3 is 0 Å². The van der Waals surface area contributed by atoms with Crippen molar-refractivity contribution in [3.63, 3.8) is 0 Å². The Kier molecular flexibility index (Phi) is 4.34. The van der Waals surface area contributed by atoms with Gasteiger partial charge in [-0.3, -0.25) is 4.98 Å². The molecule has 0 saturated heterocycles. The molecule has 1 spiro atoms. The number of nitrogens with zero attached hydrogens (tertiary/aromatic N) is 2. The fourth-order valence-corrected chi connectivity index (χ4v) is 6.80. The number of aryl methyl sites for hydroxylation is 2. The Balaban J connectivity index is 1.51. The standard InChI is InChI=1S/C32H30N2O/c1-18(2)23-16-27(33-17-20(23)4)28-19(3)11-12-22-25-15-24-21-9-5-6-10-26(21)32(13-7-8-14-32)30(24)34-31(25)35-29(22)28/h5-6,9-12,15-18H,7-8,13-14H2,1-4H3. The van der Waals surface area contributed by atoms with Crippen molar-refractivity contribution in [2.24, 2.45) is 0 Å². The highest BCUT2D eigenvalue weighted by atomic mass is 16.3. The molecule has 0 amide bonds. The minimum Gasteiger partial charge on any atom is -0.437 e. The van der Waals surface area contributed by atoms with Gasteiger partial charge < -0.3 is 4.42 Å². The van der Waals surface area contributed by atoms with Crippen LogP contribution < -0.4 is 0 Å². The third-order valence-electron chi connectivity index (χ3n) is 8.51. The van der Waals surface area contributed by atoms with Crippen LogP contribution in [0.25, 0.3) is 44.5 Å². The van der Waals surface area contributed by atoms with Gasteiger partial charge in [0.2, 0.25) is 5.71 Å². The summed E-state index contributed by atoms with van der Waals surface area (Å²) in [6.45, 7) is 8.77. The van der Waals surface area contributed by atoms with Crippen LogP contribution in [0.15, 0.2) is 59.1 Å². The van der Waals surface area contributed by atoms with E-state index in [-0.39, 0.29) is 5.41 Å². The third kappa shape index (κ3) is 2.78. The number of aromatic nitrogens is 2. The van der Waals surface area contributed by atoms with E-state index in [1.807, 2.05) is 6.20 Å². The summed E-state index contributed by atoms with van der Waals surface area (Å²) in [6, 6.07) is 17.9. The van der Waals surface area contributed by atoms with Crippen molar-refractivity contribution in [1.29, 1.82) is 0 Å². The Bertz CT molecular complexity index is 1650. The molecule has 35 heavy (non-hydrogen) atoms. The molecule has 0 N–H and O–H groups in total. The van der Waals surface area contributed by atoms with Gasteiger partial charge in [-0.1, -0.05) is 63.1 Å². The first-order valence-electron chi connectivity index (χ1n) is 12.9. The second-order valence-electron chi connectivity index (χ2n) is 10.9. The van der Waals surface area contributed by atoms with Gasteiger partial charge in [0, 0.05) is 33.5 Å². The largest absolute Gasteiger partial charge is 0.437 e. The summed E-state index contributed by atoms with van der Waals surface area (Å²) in [5.74, 6) is 0.444. The third-order valence-corrected chi connectivity index (χ3v) is 8.51. The molecule has 3 aromatic heterocycles. The van der Waals surface area contributed by atoms with E-state index in [4.69, 9.17) is 14.4 Å². The van der Waals surface area contributed by atoms with Crippen LogP contribution in [-0.4, -0.2) is 9.97 Å². The highest BCUT2D eigenvalue weighted by Crippen LogP contribution is 2.57. The fraction of sp³-hybridized carbons (Fsp3) is 0.312. The second kappa shape index (κ2) is 7.27. The number of fused-ring (bicyclic) bond motifs is 8. The zero-order chi connectivity index (χ0) is 23.9. The lowest BCUT2D eigenvalue weighted by Crippen LogP contribution is -2.21. The molecule has 3 heteroatoms. The molecule has 2 aliphatic rings. The van der Waals surface area contributed by atoms with E-state index >= 15 is 0 Å². The van der Waals surface area contributed by atoms with E-state index < -0.39 is 0 Å². The molecule has 5 aromatic rings. The van der Waals surface area contributed by atoms with Crippen molar-refractivity contribution in [2.45, 2.75) is 64.7 Å². The molecule has 2 aromatic carbocycles. The van der Waals surface area contributed by atoms with Crippen LogP contribution in [0.2, 0.25) is 0 Å². The lowest BCUT2D eigenvalue weighted by molar-refractivity contribution is 0.530. The lowest BCUT2D eigenvalue weighted by Gasteiger charge is -2.24. The van der Waals surface area contributed by atoms with Crippen LogP contribution in [0.1, 0.15) is 73.4 Å². The Morgan fingerprint density at radius 2 is 1.69 bits per heavy atom. The summed E-state index contributed by atoms with van der Waals surface area (Å²) in [7, 11) is 0. The van der Waals surface area contributed by atoms with Crippen LogP contribution in [-0.2, 0) is 5.41 Å². The number of hydrogen-bond acceptors (Lipinski definition) is 3. The van der Waals surface area contributed by atoms with Crippen LogP contribution in [0.5, 0.6) is 0 Å². The Morgan fingerprint density at radius 1 is 0.886 bits per heavy atom. The molecule has 7 rings (SSSR count). The van der Waals surface area contributed by atoms with E-state index in [0.717, 1.165) is 33.3 Å². The highest BCUT2D eigenvalue weighted by Gasteiger charge is 2.46. The van der Waals surface area contributed by atoms with Crippen molar-refractivity contribution in [3.8, 4) is 22.4 Å². The van der Waals surface area contributed by atoms with Crippen molar-refractivity contribution in [3.05, 3.63) is 82.7 Å². The van der Waals surface area contributed by atoms with Crippen LogP contribution in [0.3, 0.4) is 0 Å². The molecule has 0 aliphatic heterocycles. The van der Waals surface area contributed by atoms with Crippen LogP contribution in [0.4, 0.5) is 0 Å². The maximum absolute atomic E-state index is 6.63. The van der Waals surface area contributed by atoms with E-state index in [9.17, 15) is 0 Å². The average Bonchev–Trinajstić information content (AvgIpc) is 3.55. The van der Waals surface area contributed by atoms with Crippen LogP contribution >= 0.6 is 0 Å². The van der Waals surface area contributed by atoms with Gasteiger partial charge in [-0.15, -0.1) is 0 Å². The van der Waals surface area contributed by atoms with Gasteiger partial charge in [0.25, 0.3) is 0 Å². The quantitative estimate of drug-likeness (QED) is 0.266. The van der Waals surface area contributed by atoms with Gasteiger partial charge in [-0.05, 0) is 72.6 Å². The maximum Gasteiger partial charge on any atom is 0.227 e. The number of rotatable bonds is 2. The molecule has 0 bridgehead atoms. The summed E-state index contributed by atoms with van der Waals surface area (Å²) < 4.78 is 6.63. The van der Waals surface area contributed by atoms with Gasteiger partial charge in [-0.2, -0.15) is 0 Å². The molecule has 3 heterocycles. The number of pyridine rings is 2. The van der Waals surface area contributed by atoms with E-state index in [2.05, 4.69) is 76.2 Å². The zero-order valence-electron chi connectivity index (χ0n) is 20.9. The summed E-state index contributed by atoms with van der Waals surface area (Å²) >= 11 is 0. The maximum atomic E-state index is 6.63. The molecule has 2 aliphatic carbocycles. The minimum atomic E-state index is 0.0442. The predicted molar refractivity (Wildman–Crippen MR) is 143 cm³/mol. The second-order valence-corrected chi connectivity index (χ2v) is 10.9. The van der Waals surface area contributed by atoms with Crippen molar-refractivity contribution in [2.75, 3.05) is 0 Å². The SMILES string of the molecule is Cc1cnc(-c2c(C)ccc3c2oc2nc4c(cc23)-c2ccccc2C42CCCC2)cc1C(C)C. The zero-order valence-corrected chi connectivity index (χ0v) is 20.9. The Labute approximate surface area is 206 Å². The van der Waals surface area contributed by atoms with Crippen LogP contribution in [0, 0.1) is 13.8 Å². The fourth-order valence-electron chi connectivity index (χ4n) is 6.80. The molecule has 0 radical (unpaired) electrons. The minimum absolute atomic E-state index is 0.0442. The monoisotopic (exact) mass is 458 g/mol.